The third-order valence-corrected chi connectivity index (χ3v) is 2.43. The summed E-state index contributed by atoms with van der Waals surface area (Å²) in [6.45, 7) is 4.11. The summed E-state index contributed by atoms with van der Waals surface area (Å²) in [6.07, 6.45) is 0.824. The molecule has 0 aliphatic carbocycles. The van der Waals surface area contributed by atoms with Gasteiger partial charge < -0.3 is 20.9 Å². The molecule has 0 heterocycles. The molecule has 4 heteroatoms. The SMILES string of the molecule is CCOc1ccc(C[C@H](N)CNCCO)cc1. The number of hydrogen-bond acceptors (Lipinski definition) is 4. The Morgan fingerprint density at radius 1 is 1.35 bits per heavy atom. The van der Waals surface area contributed by atoms with E-state index in [-0.39, 0.29) is 12.6 Å². The molecule has 0 saturated carbocycles. The maximum absolute atomic E-state index is 8.63. The van der Waals surface area contributed by atoms with Crippen molar-refractivity contribution in [3.8, 4) is 5.75 Å². The quantitative estimate of drug-likeness (QED) is 0.578. The van der Waals surface area contributed by atoms with E-state index < -0.39 is 0 Å². The smallest absolute Gasteiger partial charge is 0.119 e. The van der Waals surface area contributed by atoms with E-state index in [1.54, 1.807) is 0 Å². The second-order valence-electron chi connectivity index (χ2n) is 3.97. The van der Waals surface area contributed by atoms with E-state index in [1.807, 2.05) is 31.2 Å². The largest absolute Gasteiger partial charge is 0.494 e. The van der Waals surface area contributed by atoms with Gasteiger partial charge in [-0.1, -0.05) is 12.1 Å². The van der Waals surface area contributed by atoms with Crippen LogP contribution >= 0.6 is 0 Å². The number of nitrogens with one attached hydrogen (secondary N) is 1. The summed E-state index contributed by atoms with van der Waals surface area (Å²) >= 11 is 0. The van der Waals surface area contributed by atoms with Crippen LogP contribution in [0, 0.1) is 0 Å². The van der Waals surface area contributed by atoms with Gasteiger partial charge in [-0.05, 0) is 31.0 Å². The Balaban J connectivity index is 2.34. The van der Waals surface area contributed by atoms with Gasteiger partial charge in [-0.15, -0.1) is 0 Å². The highest BCUT2D eigenvalue weighted by Gasteiger charge is 2.03. The van der Waals surface area contributed by atoms with Crippen LogP contribution in [0.25, 0.3) is 0 Å². The van der Waals surface area contributed by atoms with Gasteiger partial charge in [-0.3, -0.25) is 0 Å². The average Bonchev–Trinajstić information content (AvgIpc) is 2.32. The van der Waals surface area contributed by atoms with Crippen molar-refractivity contribution in [2.75, 3.05) is 26.3 Å². The molecule has 0 radical (unpaired) electrons. The van der Waals surface area contributed by atoms with E-state index in [0.717, 1.165) is 12.2 Å². The van der Waals surface area contributed by atoms with Crippen LogP contribution in [0.4, 0.5) is 0 Å². The van der Waals surface area contributed by atoms with Gasteiger partial charge >= 0.3 is 0 Å². The summed E-state index contributed by atoms with van der Waals surface area (Å²) in [4.78, 5) is 0. The topological polar surface area (TPSA) is 67.5 Å². The molecule has 0 saturated heterocycles. The zero-order valence-electron chi connectivity index (χ0n) is 10.4. The van der Waals surface area contributed by atoms with Crippen LogP contribution in [0.15, 0.2) is 24.3 Å². The molecule has 1 rings (SSSR count). The van der Waals surface area contributed by atoms with Crippen molar-refractivity contribution in [1.82, 2.24) is 5.32 Å². The third kappa shape index (κ3) is 5.68. The fraction of sp³-hybridized carbons (Fsp3) is 0.538. The summed E-state index contributed by atoms with van der Waals surface area (Å²) in [5.41, 5.74) is 7.17. The van der Waals surface area contributed by atoms with Crippen molar-refractivity contribution in [2.24, 2.45) is 5.73 Å². The van der Waals surface area contributed by atoms with Crippen molar-refractivity contribution in [1.29, 1.82) is 0 Å². The first kappa shape index (κ1) is 14.0. The number of benzene rings is 1. The molecule has 4 nitrogen and oxygen atoms in total. The number of ether oxygens (including phenoxy) is 1. The van der Waals surface area contributed by atoms with Crippen molar-refractivity contribution in [3.05, 3.63) is 29.8 Å². The Hall–Kier alpha value is -1.10. The molecule has 0 aliphatic heterocycles. The lowest BCUT2D eigenvalue weighted by molar-refractivity contribution is 0.291. The molecule has 0 spiro atoms. The molecular formula is C13H22N2O2. The zero-order chi connectivity index (χ0) is 12.5. The van der Waals surface area contributed by atoms with E-state index >= 15 is 0 Å². The highest BCUT2D eigenvalue weighted by Crippen LogP contribution is 2.12. The maximum Gasteiger partial charge on any atom is 0.119 e. The van der Waals surface area contributed by atoms with Crippen LogP contribution in [-0.4, -0.2) is 37.5 Å². The lowest BCUT2D eigenvalue weighted by atomic mass is 10.1. The van der Waals surface area contributed by atoms with Gasteiger partial charge in [-0.25, -0.2) is 0 Å². The molecule has 17 heavy (non-hydrogen) atoms. The van der Waals surface area contributed by atoms with Gasteiger partial charge in [0.1, 0.15) is 5.75 Å². The fourth-order valence-corrected chi connectivity index (χ4v) is 1.63. The Labute approximate surface area is 103 Å². The molecular weight excluding hydrogens is 216 g/mol. The second kappa shape index (κ2) is 8.06. The van der Waals surface area contributed by atoms with Crippen LogP contribution in [0.1, 0.15) is 12.5 Å². The highest BCUT2D eigenvalue weighted by molar-refractivity contribution is 5.27. The summed E-state index contributed by atoms with van der Waals surface area (Å²) in [6, 6.07) is 8.08. The number of rotatable bonds is 8. The summed E-state index contributed by atoms with van der Waals surface area (Å²) in [5, 5.41) is 11.7. The molecule has 0 aromatic heterocycles. The van der Waals surface area contributed by atoms with E-state index in [9.17, 15) is 0 Å². The summed E-state index contributed by atoms with van der Waals surface area (Å²) in [5.74, 6) is 0.892. The standard InChI is InChI=1S/C13H22N2O2/c1-2-17-13-5-3-11(4-6-13)9-12(14)10-15-7-8-16/h3-6,12,15-16H,2,7-10,14H2,1H3/t12-/m0/s1. The molecule has 0 unspecified atom stereocenters. The first-order chi connectivity index (χ1) is 8.26. The van der Waals surface area contributed by atoms with Gasteiger partial charge in [-0.2, -0.15) is 0 Å². The van der Waals surface area contributed by atoms with Gasteiger partial charge in [0.15, 0.2) is 0 Å². The summed E-state index contributed by atoms with van der Waals surface area (Å²) < 4.78 is 5.37. The minimum absolute atomic E-state index is 0.0690. The van der Waals surface area contributed by atoms with Crippen LogP contribution in [0.2, 0.25) is 0 Å². The minimum Gasteiger partial charge on any atom is -0.494 e. The molecule has 0 bridgehead atoms. The van der Waals surface area contributed by atoms with Crippen molar-refractivity contribution >= 4 is 0 Å². The van der Waals surface area contributed by atoms with E-state index in [0.29, 0.717) is 19.7 Å². The molecule has 1 atom stereocenters. The third-order valence-electron chi connectivity index (χ3n) is 2.43. The first-order valence-electron chi connectivity index (χ1n) is 6.05. The molecule has 0 amide bonds. The monoisotopic (exact) mass is 238 g/mol. The number of hydrogen-bond donors (Lipinski definition) is 3. The Kier molecular flexibility index (Phi) is 6.62. The van der Waals surface area contributed by atoms with E-state index in [4.69, 9.17) is 15.6 Å². The Bertz CT molecular complexity index is 301. The van der Waals surface area contributed by atoms with Crippen molar-refractivity contribution in [2.45, 2.75) is 19.4 Å². The predicted octanol–water partition coefficient (Wildman–Crippen LogP) is 0.537. The maximum atomic E-state index is 8.63. The molecule has 0 aliphatic rings. The lowest BCUT2D eigenvalue weighted by Crippen LogP contribution is -2.36. The lowest BCUT2D eigenvalue weighted by Gasteiger charge is -2.12. The first-order valence-corrected chi connectivity index (χ1v) is 6.05. The average molecular weight is 238 g/mol. The number of aliphatic hydroxyl groups excluding tert-OH is 1. The highest BCUT2D eigenvalue weighted by atomic mass is 16.5. The van der Waals surface area contributed by atoms with Gasteiger partial charge in [0.2, 0.25) is 0 Å². The van der Waals surface area contributed by atoms with Gasteiger partial charge in [0.25, 0.3) is 0 Å². The fourth-order valence-electron chi connectivity index (χ4n) is 1.63. The van der Waals surface area contributed by atoms with Gasteiger partial charge in [0, 0.05) is 19.1 Å². The summed E-state index contributed by atoms with van der Waals surface area (Å²) in [7, 11) is 0. The second-order valence-corrected chi connectivity index (χ2v) is 3.97. The molecule has 1 aromatic carbocycles. The molecule has 4 N–H and O–H groups in total. The molecule has 0 fully saturated rings. The number of nitrogens with two attached hydrogens (primary N) is 1. The van der Waals surface area contributed by atoms with E-state index in [1.165, 1.54) is 5.56 Å². The van der Waals surface area contributed by atoms with Crippen LogP contribution in [-0.2, 0) is 6.42 Å². The normalized spacial score (nSPS) is 12.4. The van der Waals surface area contributed by atoms with E-state index in [2.05, 4.69) is 5.32 Å². The van der Waals surface area contributed by atoms with Crippen molar-refractivity contribution in [3.63, 3.8) is 0 Å². The Morgan fingerprint density at radius 2 is 2.06 bits per heavy atom. The molecule has 1 aromatic rings. The predicted molar refractivity (Wildman–Crippen MR) is 69.2 cm³/mol. The molecule has 96 valence electrons. The van der Waals surface area contributed by atoms with Gasteiger partial charge in [0.05, 0.1) is 13.2 Å². The van der Waals surface area contributed by atoms with Crippen LogP contribution in [0.3, 0.4) is 0 Å². The van der Waals surface area contributed by atoms with Crippen molar-refractivity contribution < 1.29 is 9.84 Å². The zero-order valence-corrected chi connectivity index (χ0v) is 10.4. The number of aliphatic hydroxyl groups is 1. The van der Waals surface area contributed by atoms with Crippen LogP contribution < -0.4 is 15.8 Å². The van der Waals surface area contributed by atoms with Crippen LogP contribution in [0.5, 0.6) is 5.75 Å². The minimum atomic E-state index is 0.0690. The Morgan fingerprint density at radius 3 is 2.65 bits per heavy atom.